The van der Waals surface area contributed by atoms with E-state index in [-0.39, 0.29) is 30.4 Å². The second-order valence-corrected chi connectivity index (χ2v) is 9.24. The van der Waals surface area contributed by atoms with Gasteiger partial charge in [-0.25, -0.2) is 9.78 Å². The Morgan fingerprint density at radius 2 is 1.81 bits per heavy atom. The number of hydrogen-bond donors (Lipinski definition) is 1. The number of methoxy groups -OCH3 is 1. The number of ether oxygens (including phenoxy) is 2. The lowest BCUT2D eigenvalue weighted by atomic mass is 9.93. The van der Waals surface area contributed by atoms with E-state index in [0.717, 1.165) is 29.7 Å². The maximum Gasteiger partial charge on any atom is 0.359 e. The highest BCUT2D eigenvalue weighted by Gasteiger charge is 2.48. The summed E-state index contributed by atoms with van der Waals surface area (Å²) >= 11 is 0. The summed E-state index contributed by atoms with van der Waals surface area (Å²) in [5.41, 5.74) is 0.584. The van der Waals surface area contributed by atoms with Crippen molar-refractivity contribution in [1.29, 1.82) is 0 Å². The molecule has 1 unspecified atom stereocenters. The van der Waals surface area contributed by atoms with Crippen molar-refractivity contribution in [2.24, 2.45) is 0 Å². The Balaban J connectivity index is 1.62. The lowest BCUT2D eigenvalue weighted by Gasteiger charge is -2.43. The molecule has 37 heavy (non-hydrogen) atoms. The van der Waals surface area contributed by atoms with E-state index in [1.54, 1.807) is 11.5 Å². The Labute approximate surface area is 216 Å². The van der Waals surface area contributed by atoms with Crippen molar-refractivity contribution in [3.8, 4) is 5.75 Å². The molecule has 0 saturated carbocycles. The van der Waals surface area contributed by atoms with Crippen molar-refractivity contribution >= 4 is 17.8 Å². The molecule has 1 aliphatic rings. The number of nitrogens with zero attached hydrogens (tertiary/aromatic N) is 3. The quantitative estimate of drug-likeness (QED) is 0.334. The molecule has 1 atom stereocenters. The lowest BCUT2D eigenvalue weighted by molar-refractivity contribution is -0.133. The van der Waals surface area contributed by atoms with Crippen LogP contribution in [0.1, 0.15) is 58.8 Å². The summed E-state index contributed by atoms with van der Waals surface area (Å²) in [6.45, 7) is 5.10. The van der Waals surface area contributed by atoms with Gasteiger partial charge in [-0.15, -0.1) is 0 Å². The van der Waals surface area contributed by atoms with Crippen LogP contribution in [0.15, 0.2) is 60.9 Å². The summed E-state index contributed by atoms with van der Waals surface area (Å²) in [4.78, 5) is 45.3. The number of unbranched alkanes of at least 4 members (excludes halogenated alkanes) is 1. The number of carbonyl (C=O) groups is 3. The van der Waals surface area contributed by atoms with Crippen molar-refractivity contribution in [3.63, 3.8) is 0 Å². The number of rotatable bonds is 10. The standard InChI is InChI=1S/C28H32N4O5/c1-4-5-15-37-22-13-11-21(12-14-22)17-32-25(33)24-23(26(34)36-3)30-19-31(24)18-28(32,2)27(35)29-16-20-9-7-6-8-10-20/h6-14,19H,4-5,15-18H2,1-3H3,(H,29,35). The minimum atomic E-state index is -1.23. The third-order valence-corrected chi connectivity index (χ3v) is 6.55. The van der Waals surface area contributed by atoms with Crippen LogP contribution in [0.25, 0.3) is 0 Å². The lowest BCUT2D eigenvalue weighted by Crippen LogP contribution is -2.63. The highest BCUT2D eigenvalue weighted by Crippen LogP contribution is 2.31. The van der Waals surface area contributed by atoms with E-state index in [1.807, 2.05) is 54.6 Å². The number of fused-ring (bicyclic) bond motifs is 1. The van der Waals surface area contributed by atoms with E-state index in [1.165, 1.54) is 18.3 Å². The van der Waals surface area contributed by atoms with Gasteiger partial charge in [0.15, 0.2) is 5.69 Å². The fourth-order valence-electron chi connectivity index (χ4n) is 4.36. The molecule has 2 heterocycles. The van der Waals surface area contributed by atoms with Gasteiger partial charge in [-0.2, -0.15) is 0 Å². The molecule has 2 aromatic carbocycles. The number of esters is 1. The number of imidazole rings is 1. The molecular weight excluding hydrogens is 472 g/mol. The summed E-state index contributed by atoms with van der Waals surface area (Å²) in [6, 6.07) is 17.0. The van der Waals surface area contributed by atoms with E-state index >= 15 is 0 Å². The molecule has 0 aliphatic carbocycles. The molecule has 0 fully saturated rings. The first-order valence-electron chi connectivity index (χ1n) is 12.4. The van der Waals surface area contributed by atoms with Crippen LogP contribution in [0.5, 0.6) is 5.75 Å². The highest BCUT2D eigenvalue weighted by molar-refractivity contribution is 6.06. The molecule has 0 radical (unpaired) electrons. The van der Waals surface area contributed by atoms with Crippen LogP contribution in [-0.4, -0.2) is 51.5 Å². The van der Waals surface area contributed by atoms with Gasteiger partial charge >= 0.3 is 5.97 Å². The topological polar surface area (TPSA) is 103 Å². The molecule has 0 spiro atoms. The van der Waals surface area contributed by atoms with Gasteiger partial charge in [-0.3, -0.25) is 9.59 Å². The predicted molar refractivity (Wildman–Crippen MR) is 137 cm³/mol. The van der Waals surface area contributed by atoms with Crippen LogP contribution in [0.2, 0.25) is 0 Å². The third-order valence-electron chi connectivity index (χ3n) is 6.55. The number of benzene rings is 2. The second kappa shape index (κ2) is 11.3. The Morgan fingerprint density at radius 3 is 2.49 bits per heavy atom. The van der Waals surface area contributed by atoms with Crippen LogP contribution in [-0.2, 0) is 29.2 Å². The van der Waals surface area contributed by atoms with E-state index in [4.69, 9.17) is 9.47 Å². The first-order chi connectivity index (χ1) is 17.9. The first-order valence-corrected chi connectivity index (χ1v) is 12.4. The van der Waals surface area contributed by atoms with Crippen LogP contribution < -0.4 is 10.1 Å². The molecule has 3 aromatic rings. The van der Waals surface area contributed by atoms with Crippen LogP contribution in [0.3, 0.4) is 0 Å². The molecule has 2 amide bonds. The van der Waals surface area contributed by atoms with E-state index in [9.17, 15) is 14.4 Å². The maximum absolute atomic E-state index is 13.8. The smallest absolute Gasteiger partial charge is 0.359 e. The van der Waals surface area contributed by atoms with Crippen molar-refractivity contribution in [2.45, 2.75) is 51.9 Å². The Bertz CT molecular complexity index is 1260. The molecule has 0 saturated heterocycles. The Kier molecular flexibility index (Phi) is 7.91. The number of carbonyl (C=O) groups excluding carboxylic acids is 3. The van der Waals surface area contributed by atoms with Gasteiger partial charge in [-0.05, 0) is 36.6 Å². The average Bonchev–Trinajstić information content (AvgIpc) is 3.34. The molecule has 1 aliphatic heterocycles. The van der Waals surface area contributed by atoms with Gasteiger partial charge in [0.05, 0.1) is 26.6 Å². The average molecular weight is 505 g/mol. The summed E-state index contributed by atoms with van der Waals surface area (Å²) in [6.07, 6.45) is 3.42. The number of nitrogens with one attached hydrogen (secondary N) is 1. The fraction of sp³-hybridized carbons (Fsp3) is 0.357. The van der Waals surface area contributed by atoms with Gasteiger partial charge in [0.25, 0.3) is 5.91 Å². The Morgan fingerprint density at radius 1 is 1.08 bits per heavy atom. The van der Waals surface area contributed by atoms with Gasteiger partial charge in [0, 0.05) is 13.1 Å². The fourth-order valence-corrected chi connectivity index (χ4v) is 4.36. The van der Waals surface area contributed by atoms with Crippen molar-refractivity contribution in [1.82, 2.24) is 19.8 Å². The molecule has 9 nitrogen and oxygen atoms in total. The van der Waals surface area contributed by atoms with Crippen LogP contribution in [0.4, 0.5) is 0 Å². The van der Waals surface area contributed by atoms with Crippen LogP contribution >= 0.6 is 0 Å². The highest BCUT2D eigenvalue weighted by atomic mass is 16.5. The molecular formula is C28H32N4O5. The number of hydrogen-bond acceptors (Lipinski definition) is 6. The molecule has 194 valence electrons. The normalized spacial score (nSPS) is 16.7. The summed E-state index contributed by atoms with van der Waals surface area (Å²) < 4.78 is 12.1. The van der Waals surface area contributed by atoms with E-state index in [0.29, 0.717) is 13.2 Å². The van der Waals surface area contributed by atoms with Crippen molar-refractivity contribution in [3.05, 3.63) is 83.4 Å². The first kappa shape index (κ1) is 25.9. The van der Waals surface area contributed by atoms with Gasteiger partial charge in [0.1, 0.15) is 17.0 Å². The van der Waals surface area contributed by atoms with Gasteiger partial charge < -0.3 is 24.3 Å². The van der Waals surface area contributed by atoms with E-state index in [2.05, 4.69) is 17.2 Å². The minimum Gasteiger partial charge on any atom is -0.494 e. The van der Waals surface area contributed by atoms with Gasteiger partial charge in [-0.1, -0.05) is 55.8 Å². The zero-order valence-electron chi connectivity index (χ0n) is 21.4. The van der Waals surface area contributed by atoms with E-state index < -0.39 is 17.4 Å². The van der Waals surface area contributed by atoms with Crippen LogP contribution in [0, 0.1) is 0 Å². The minimum absolute atomic E-state index is 0.0658. The predicted octanol–water partition coefficient (Wildman–Crippen LogP) is 3.58. The number of aromatic nitrogens is 2. The Hall–Kier alpha value is -4.14. The molecule has 0 bridgehead atoms. The second-order valence-electron chi connectivity index (χ2n) is 9.24. The molecule has 1 N–H and O–H groups in total. The largest absolute Gasteiger partial charge is 0.494 e. The zero-order valence-corrected chi connectivity index (χ0v) is 21.4. The monoisotopic (exact) mass is 504 g/mol. The summed E-state index contributed by atoms with van der Waals surface area (Å²) in [5, 5.41) is 2.98. The molecule has 9 heteroatoms. The van der Waals surface area contributed by atoms with Gasteiger partial charge in [0.2, 0.25) is 5.91 Å². The zero-order chi connectivity index (χ0) is 26.4. The summed E-state index contributed by atoms with van der Waals surface area (Å²) in [7, 11) is 1.24. The number of amides is 2. The maximum atomic E-state index is 13.8. The van der Waals surface area contributed by atoms with Crippen molar-refractivity contribution in [2.75, 3.05) is 13.7 Å². The summed E-state index contributed by atoms with van der Waals surface area (Å²) in [5.74, 6) is -0.725. The third kappa shape index (κ3) is 5.50. The van der Waals surface area contributed by atoms with Crippen molar-refractivity contribution < 1.29 is 23.9 Å². The molecule has 4 rings (SSSR count). The molecule has 1 aromatic heterocycles. The SMILES string of the molecule is CCCCOc1ccc(CN2C(=O)c3c(C(=O)OC)ncn3CC2(C)C(=O)NCc2ccccc2)cc1.